The molecular formula is C11H18F3N3O2. The van der Waals surface area contributed by atoms with Crippen LogP contribution >= 0.6 is 0 Å². The Bertz CT molecular complexity index is 382. The molecule has 0 fully saturated rings. The van der Waals surface area contributed by atoms with Crippen molar-refractivity contribution >= 4 is 0 Å². The Balaban J connectivity index is 2.39. The van der Waals surface area contributed by atoms with Crippen molar-refractivity contribution in [2.75, 3.05) is 13.2 Å². The SMILES string of the molecule is CCC(C)[C@H](N)c1nc(CCOCC(F)(F)F)no1. The second-order valence-corrected chi connectivity index (χ2v) is 4.38. The van der Waals surface area contributed by atoms with E-state index in [1.54, 1.807) is 0 Å². The van der Waals surface area contributed by atoms with Crippen LogP contribution < -0.4 is 5.73 Å². The second-order valence-electron chi connectivity index (χ2n) is 4.38. The summed E-state index contributed by atoms with van der Waals surface area (Å²) in [5, 5.41) is 3.66. The molecule has 0 radical (unpaired) electrons. The summed E-state index contributed by atoms with van der Waals surface area (Å²) >= 11 is 0. The van der Waals surface area contributed by atoms with Crippen LogP contribution in [0.25, 0.3) is 0 Å². The fraction of sp³-hybridized carbons (Fsp3) is 0.818. The molecule has 0 spiro atoms. The maximum absolute atomic E-state index is 11.8. The van der Waals surface area contributed by atoms with E-state index >= 15 is 0 Å². The standard InChI is InChI=1S/C11H18F3N3O2/c1-3-7(2)9(15)10-16-8(17-19-10)4-5-18-6-11(12,13)14/h7,9H,3-6,15H2,1-2H3/t7?,9-/m0/s1. The molecule has 1 unspecified atom stereocenters. The molecule has 0 aromatic carbocycles. The summed E-state index contributed by atoms with van der Waals surface area (Å²) in [6, 6.07) is -0.359. The minimum absolute atomic E-state index is 0.114. The monoisotopic (exact) mass is 281 g/mol. The lowest BCUT2D eigenvalue weighted by atomic mass is 10.0. The minimum Gasteiger partial charge on any atom is -0.372 e. The Morgan fingerprint density at radius 3 is 2.68 bits per heavy atom. The molecule has 19 heavy (non-hydrogen) atoms. The van der Waals surface area contributed by atoms with Crippen LogP contribution in [0.5, 0.6) is 0 Å². The smallest absolute Gasteiger partial charge is 0.372 e. The summed E-state index contributed by atoms with van der Waals surface area (Å²) in [4.78, 5) is 4.05. The van der Waals surface area contributed by atoms with E-state index in [9.17, 15) is 13.2 Å². The van der Waals surface area contributed by atoms with Gasteiger partial charge in [0.25, 0.3) is 0 Å². The number of hydrogen-bond donors (Lipinski definition) is 1. The average molecular weight is 281 g/mol. The molecule has 1 rings (SSSR count). The van der Waals surface area contributed by atoms with Crippen molar-refractivity contribution in [2.24, 2.45) is 11.7 Å². The Kier molecular flexibility index (Phi) is 5.74. The fourth-order valence-electron chi connectivity index (χ4n) is 1.35. The topological polar surface area (TPSA) is 74.2 Å². The van der Waals surface area contributed by atoms with Crippen molar-refractivity contribution in [3.05, 3.63) is 11.7 Å². The normalized spacial score (nSPS) is 15.5. The second kappa shape index (κ2) is 6.85. The van der Waals surface area contributed by atoms with Gasteiger partial charge in [-0.3, -0.25) is 0 Å². The van der Waals surface area contributed by atoms with E-state index in [-0.39, 0.29) is 25.0 Å². The number of ether oxygens (including phenoxy) is 1. The van der Waals surface area contributed by atoms with Crippen LogP contribution in [-0.2, 0) is 11.2 Å². The minimum atomic E-state index is -4.32. The number of aromatic nitrogens is 2. The Morgan fingerprint density at radius 2 is 2.11 bits per heavy atom. The molecule has 0 amide bonds. The first-order chi connectivity index (χ1) is 8.83. The predicted molar refractivity (Wildman–Crippen MR) is 61.3 cm³/mol. The Labute approximate surface area is 109 Å². The molecule has 1 aromatic rings. The van der Waals surface area contributed by atoms with Crippen molar-refractivity contribution in [3.8, 4) is 0 Å². The summed E-state index contributed by atoms with van der Waals surface area (Å²) in [7, 11) is 0. The van der Waals surface area contributed by atoms with E-state index in [2.05, 4.69) is 14.9 Å². The third-order valence-corrected chi connectivity index (χ3v) is 2.76. The van der Waals surface area contributed by atoms with Gasteiger partial charge in [-0.05, 0) is 5.92 Å². The first-order valence-corrected chi connectivity index (χ1v) is 6.06. The molecule has 0 aliphatic carbocycles. The van der Waals surface area contributed by atoms with Crippen molar-refractivity contribution < 1.29 is 22.4 Å². The van der Waals surface area contributed by atoms with E-state index in [1.165, 1.54) is 0 Å². The Hall–Kier alpha value is -1.15. The molecule has 0 aliphatic rings. The molecule has 0 bridgehead atoms. The van der Waals surface area contributed by atoms with E-state index < -0.39 is 12.8 Å². The van der Waals surface area contributed by atoms with Gasteiger partial charge in [-0.1, -0.05) is 25.4 Å². The number of nitrogens with two attached hydrogens (primary N) is 1. The lowest BCUT2D eigenvalue weighted by Gasteiger charge is -2.12. The number of nitrogens with zero attached hydrogens (tertiary/aromatic N) is 2. The maximum Gasteiger partial charge on any atom is 0.411 e. The van der Waals surface area contributed by atoms with Gasteiger partial charge < -0.3 is 15.0 Å². The van der Waals surface area contributed by atoms with Crippen LogP contribution in [0, 0.1) is 5.92 Å². The lowest BCUT2D eigenvalue weighted by Crippen LogP contribution is -2.19. The molecular weight excluding hydrogens is 263 g/mol. The van der Waals surface area contributed by atoms with Gasteiger partial charge in [-0.2, -0.15) is 18.2 Å². The molecule has 0 saturated carbocycles. The molecule has 5 nitrogen and oxygen atoms in total. The zero-order valence-corrected chi connectivity index (χ0v) is 10.9. The first kappa shape index (κ1) is 15.9. The van der Waals surface area contributed by atoms with Crippen LogP contribution in [0.1, 0.15) is 38.0 Å². The number of alkyl halides is 3. The van der Waals surface area contributed by atoms with Crippen LogP contribution in [0.15, 0.2) is 4.52 Å². The van der Waals surface area contributed by atoms with Crippen molar-refractivity contribution in [3.63, 3.8) is 0 Å². The van der Waals surface area contributed by atoms with Crippen molar-refractivity contribution in [1.29, 1.82) is 0 Å². The highest BCUT2D eigenvalue weighted by Gasteiger charge is 2.27. The first-order valence-electron chi connectivity index (χ1n) is 6.06. The van der Waals surface area contributed by atoms with Crippen LogP contribution in [-0.4, -0.2) is 29.5 Å². The van der Waals surface area contributed by atoms with Crippen LogP contribution in [0.2, 0.25) is 0 Å². The van der Waals surface area contributed by atoms with Crippen LogP contribution in [0.4, 0.5) is 13.2 Å². The summed E-state index contributed by atoms with van der Waals surface area (Å²) < 4.78 is 44.9. The van der Waals surface area contributed by atoms with E-state index in [0.717, 1.165) is 6.42 Å². The molecule has 1 aromatic heterocycles. The zero-order chi connectivity index (χ0) is 14.5. The van der Waals surface area contributed by atoms with Gasteiger partial charge in [0.05, 0.1) is 12.6 Å². The third-order valence-electron chi connectivity index (χ3n) is 2.76. The van der Waals surface area contributed by atoms with Gasteiger partial charge in [-0.25, -0.2) is 0 Å². The van der Waals surface area contributed by atoms with E-state index in [0.29, 0.717) is 11.7 Å². The van der Waals surface area contributed by atoms with Crippen molar-refractivity contribution in [1.82, 2.24) is 10.1 Å². The van der Waals surface area contributed by atoms with Gasteiger partial charge in [0, 0.05) is 6.42 Å². The number of hydrogen-bond acceptors (Lipinski definition) is 5. The quantitative estimate of drug-likeness (QED) is 0.776. The lowest BCUT2D eigenvalue weighted by molar-refractivity contribution is -0.173. The van der Waals surface area contributed by atoms with E-state index in [4.69, 9.17) is 10.3 Å². The molecule has 2 atom stereocenters. The van der Waals surface area contributed by atoms with Gasteiger partial charge >= 0.3 is 6.18 Å². The number of halogens is 3. The summed E-state index contributed by atoms with van der Waals surface area (Å²) in [5.41, 5.74) is 5.90. The summed E-state index contributed by atoms with van der Waals surface area (Å²) in [5.74, 6) is 0.797. The van der Waals surface area contributed by atoms with Crippen LogP contribution in [0.3, 0.4) is 0 Å². The maximum atomic E-state index is 11.8. The molecule has 0 aliphatic heterocycles. The molecule has 1 heterocycles. The highest BCUT2D eigenvalue weighted by Crippen LogP contribution is 2.20. The molecule has 2 N–H and O–H groups in total. The third kappa shape index (κ3) is 5.56. The highest BCUT2D eigenvalue weighted by atomic mass is 19.4. The highest BCUT2D eigenvalue weighted by molar-refractivity contribution is 4.93. The fourth-order valence-corrected chi connectivity index (χ4v) is 1.35. The van der Waals surface area contributed by atoms with E-state index in [1.807, 2.05) is 13.8 Å². The van der Waals surface area contributed by atoms with Crippen molar-refractivity contribution in [2.45, 2.75) is 38.9 Å². The predicted octanol–water partition coefficient (Wildman–Crippen LogP) is 2.24. The van der Waals surface area contributed by atoms with Gasteiger partial charge in [-0.15, -0.1) is 0 Å². The van der Waals surface area contributed by atoms with Gasteiger partial charge in [0.2, 0.25) is 5.89 Å². The zero-order valence-electron chi connectivity index (χ0n) is 10.9. The van der Waals surface area contributed by atoms with Gasteiger partial charge in [0.15, 0.2) is 5.82 Å². The summed E-state index contributed by atoms with van der Waals surface area (Å²) in [6.45, 7) is 2.56. The van der Waals surface area contributed by atoms with Gasteiger partial charge in [0.1, 0.15) is 6.61 Å². The largest absolute Gasteiger partial charge is 0.411 e. The average Bonchev–Trinajstić information content (AvgIpc) is 2.80. The molecule has 110 valence electrons. The molecule has 0 saturated heterocycles. The molecule has 8 heteroatoms. The summed E-state index contributed by atoms with van der Waals surface area (Å²) in [6.07, 6.45) is -3.29. The number of rotatable bonds is 7. The Morgan fingerprint density at radius 1 is 1.42 bits per heavy atom.